The number of nitrogens with one attached hydrogen (secondary N) is 1. The summed E-state index contributed by atoms with van der Waals surface area (Å²) in [5.74, 6) is -1.99. The van der Waals surface area contributed by atoms with E-state index in [1.165, 1.54) is 24.3 Å². The second kappa shape index (κ2) is 7.30. The molecule has 138 valence electrons. The number of amides is 1. The highest BCUT2D eigenvalue weighted by Crippen LogP contribution is 2.24. The van der Waals surface area contributed by atoms with Crippen LogP contribution in [0.4, 0.5) is 10.5 Å². The van der Waals surface area contributed by atoms with Crippen LogP contribution in [-0.2, 0) is 11.2 Å². The third-order valence-electron chi connectivity index (χ3n) is 4.05. The zero-order valence-corrected chi connectivity index (χ0v) is 14.0. The highest BCUT2D eigenvalue weighted by Gasteiger charge is 2.20. The smallest absolute Gasteiger partial charge is 0.416 e. The van der Waals surface area contributed by atoms with E-state index in [9.17, 15) is 24.6 Å². The van der Waals surface area contributed by atoms with Crippen LogP contribution in [0, 0.1) is 0 Å². The molecule has 0 saturated carbocycles. The predicted molar refractivity (Wildman–Crippen MR) is 97.1 cm³/mol. The van der Waals surface area contributed by atoms with Crippen LogP contribution in [0.2, 0.25) is 0 Å². The van der Waals surface area contributed by atoms with E-state index >= 15 is 0 Å². The lowest BCUT2D eigenvalue weighted by molar-refractivity contribution is -0.123. The first kappa shape index (κ1) is 18.2. The second-order valence-corrected chi connectivity index (χ2v) is 5.92. The van der Waals surface area contributed by atoms with E-state index in [1.54, 1.807) is 24.3 Å². The molecule has 0 spiro atoms. The van der Waals surface area contributed by atoms with Gasteiger partial charge < -0.3 is 20.6 Å². The number of carboxylic acids is 1. The van der Waals surface area contributed by atoms with Crippen LogP contribution in [-0.4, -0.2) is 44.0 Å². The van der Waals surface area contributed by atoms with Crippen LogP contribution in [0.15, 0.2) is 54.6 Å². The number of hydrogen-bond donors (Lipinski definition) is 4. The Labute approximate surface area is 153 Å². The molecule has 0 aliphatic rings. The Kier molecular flexibility index (Phi) is 4.91. The molecular weight excluding hydrogens is 352 g/mol. The first-order valence-electron chi connectivity index (χ1n) is 8.02. The summed E-state index contributed by atoms with van der Waals surface area (Å²) in [6, 6.07) is 14.5. The molecule has 1 aromatic heterocycles. The fourth-order valence-corrected chi connectivity index (χ4v) is 2.81. The summed E-state index contributed by atoms with van der Waals surface area (Å²) < 4.78 is 0.660. The molecule has 1 atom stereocenters. The summed E-state index contributed by atoms with van der Waals surface area (Å²) in [6.07, 6.45) is -2.54. The van der Waals surface area contributed by atoms with Crippen molar-refractivity contribution in [3.8, 4) is 0 Å². The predicted octanol–water partition coefficient (Wildman–Crippen LogP) is 2.41. The number of hydrogen-bond acceptors (Lipinski definition) is 4. The molecule has 1 heterocycles. The first-order chi connectivity index (χ1) is 12.9. The summed E-state index contributed by atoms with van der Waals surface area (Å²) in [5, 5.41) is 31.3. The minimum Gasteiger partial charge on any atom is -0.477 e. The maximum atomic E-state index is 12.2. The van der Waals surface area contributed by atoms with E-state index in [0.29, 0.717) is 15.6 Å². The maximum Gasteiger partial charge on any atom is 0.416 e. The van der Waals surface area contributed by atoms with Crippen molar-refractivity contribution in [2.24, 2.45) is 0 Å². The van der Waals surface area contributed by atoms with Crippen molar-refractivity contribution in [1.29, 1.82) is 0 Å². The number of aromatic carboxylic acids is 1. The van der Waals surface area contributed by atoms with Gasteiger partial charge in [0.05, 0.1) is 5.52 Å². The Morgan fingerprint density at radius 3 is 2.33 bits per heavy atom. The summed E-state index contributed by atoms with van der Waals surface area (Å²) >= 11 is 0. The molecule has 8 heteroatoms. The zero-order chi connectivity index (χ0) is 19.6. The Morgan fingerprint density at radius 2 is 1.70 bits per heavy atom. The highest BCUT2D eigenvalue weighted by molar-refractivity contribution is 6.02. The maximum absolute atomic E-state index is 12.2. The number of aliphatic hydroxyl groups excluding tert-OH is 1. The average Bonchev–Trinajstić information content (AvgIpc) is 3.01. The third kappa shape index (κ3) is 3.80. The van der Waals surface area contributed by atoms with Gasteiger partial charge in [0.15, 0.2) is 0 Å². The highest BCUT2D eigenvalue weighted by atomic mass is 16.4. The van der Waals surface area contributed by atoms with Crippen LogP contribution in [0.3, 0.4) is 0 Å². The minimum absolute atomic E-state index is 0.146. The van der Waals surface area contributed by atoms with Crippen molar-refractivity contribution in [3.63, 3.8) is 0 Å². The van der Waals surface area contributed by atoms with Gasteiger partial charge in [0, 0.05) is 17.5 Å². The quantitative estimate of drug-likeness (QED) is 0.547. The van der Waals surface area contributed by atoms with Crippen LogP contribution < -0.4 is 5.32 Å². The molecule has 4 N–H and O–H groups in total. The number of aromatic nitrogens is 1. The van der Waals surface area contributed by atoms with E-state index in [0.717, 1.165) is 5.56 Å². The molecule has 3 rings (SSSR count). The Bertz CT molecular complexity index is 1030. The van der Waals surface area contributed by atoms with Gasteiger partial charge in [0.25, 0.3) is 5.91 Å². The molecule has 0 fully saturated rings. The average molecular weight is 368 g/mol. The molecule has 0 saturated heterocycles. The molecule has 27 heavy (non-hydrogen) atoms. The fourth-order valence-electron chi connectivity index (χ4n) is 2.81. The molecule has 0 aliphatic heterocycles. The molecule has 2 aromatic carbocycles. The number of carboxylic acid groups (broad SMARTS) is 2. The lowest BCUT2D eigenvalue weighted by Crippen LogP contribution is -2.29. The van der Waals surface area contributed by atoms with Gasteiger partial charge >= 0.3 is 12.1 Å². The van der Waals surface area contributed by atoms with Gasteiger partial charge in [-0.05, 0) is 29.8 Å². The van der Waals surface area contributed by atoms with Crippen LogP contribution in [0.25, 0.3) is 10.9 Å². The van der Waals surface area contributed by atoms with Crippen LogP contribution in [0.1, 0.15) is 16.1 Å². The van der Waals surface area contributed by atoms with Gasteiger partial charge in [-0.3, -0.25) is 4.79 Å². The largest absolute Gasteiger partial charge is 0.477 e. The number of aliphatic hydroxyl groups is 1. The van der Waals surface area contributed by atoms with Gasteiger partial charge in [-0.25, -0.2) is 14.2 Å². The summed E-state index contributed by atoms with van der Waals surface area (Å²) in [5.41, 5.74) is 0.909. The summed E-state index contributed by atoms with van der Waals surface area (Å²) in [4.78, 5) is 34.7. The lowest BCUT2D eigenvalue weighted by atomic mass is 10.1. The Hall–Kier alpha value is -3.65. The third-order valence-corrected chi connectivity index (χ3v) is 4.05. The summed E-state index contributed by atoms with van der Waals surface area (Å²) in [7, 11) is 0. The standard InChI is InChI=1S/C19H16N2O6/c22-16(8-11-4-2-1-3-5-11)17(23)20-13-6-7-14-12(9-13)10-15(18(24)25)21(14)19(26)27/h1-7,9-10,16,22H,8H2,(H,20,23)(H,24,25)(H,26,27)/t16-/m1/s1. The number of carbonyl (C=O) groups excluding carboxylic acids is 1. The fraction of sp³-hybridized carbons (Fsp3) is 0.105. The zero-order valence-electron chi connectivity index (χ0n) is 14.0. The van der Waals surface area contributed by atoms with Crippen molar-refractivity contribution in [3.05, 3.63) is 65.9 Å². The molecule has 0 radical (unpaired) electrons. The van der Waals surface area contributed by atoms with E-state index in [1.807, 2.05) is 6.07 Å². The van der Waals surface area contributed by atoms with E-state index in [4.69, 9.17) is 5.11 Å². The normalized spacial score (nSPS) is 11.9. The van der Waals surface area contributed by atoms with E-state index in [2.05, 4.69) is 5.32 Å². The summed E-state index contributed by atoms with van der Waals surface area (Å²) in [6.45, 7) is 0. The van der Waals surface area contributed by atoms with Crippen molar-refractivity contribution >= 4 is 34.6 Å². The van der Waals surface area contributed by atoms with Gasteiger partial charge in [0.2, 0.25) is 0 Å². The first-order valence-corrected chi connectivity index (χ1v) is 8.02. The molecule has 0 bridgehead atoms. The van der Waals surface area contributed by atoms with Gasteiger partial charge in [-0.1, -0.05) is 30.3 Å². The van der Waals surface area contributed by atoms with Crippen molar-refractivity contribution in [1.82, 2.24) is 4.57 Å². The van der Waals surface area contributed by atoms with Crippen LogP contribution in [0.5, 0.6) is 0 Å². The number of rotatable bonds is 5. The topological polar surface area (TPSA) is 129 Å². The van der Waals surface area contributed by atoms with Gasteiger partial charge in [-0.2, -0.15) is 0 Å². The van der Waals surface area contributed by atoms with Crippen LogP contribution >= 0.6 is 0 Å². The number of nitrogens with zero attached hydrogens (tertiary/aromatic N) is 1. The lowest BCUT2D eigenvalue weighted by Gasteiger charge is -2.12. The number of benzene rings is 2. The molecule has 3 aromatic rings. The molecular formula is C19H16N2O6. The SMILES string of the molecule is O=C(O)c1cc2cc(NC(=O)[C@H](O)Cc3ccccc3)ccc2n1C(=O)O. The molecule has 0 unspecified atom stereocenters. The number of carbonyl (C=O) groups is 3. The Morgan fingerprint density at radius 1 is 1.00 bits per heavy atom. The van der Waals surface area contributed by atoms with Gasteiger partial charge in [-0.15, -0.1) is 0 Å². The number of fused-ring (bicyclic) bond motifs is 1. The monoisotopic (exact) mass is 368 g/mol. The molecule has 8 nitrogen and oxygen atoms in total. The Balaban J connectivity index is 1.82. The van der Waals surface area contributed by atoms with E-state index in [-0.39, 0.29) is 11.9 Å². The van der Waals surface area contributed by atoms with Crippen molar-refractivity contribution in [2.75, 3.05) is 5.32 Å². The van der Waals surface area contributed by atoms with Crippen molar-refractivity contribution < 1.29 is 29.7 Å². The molecule has 1 amide bonds. The minimum atomic E-state index is -1.42. The number of anilines is 1. The van der Waals surface area contributed by atoms with E-state index < -0.39 is 29.8 Å². The van der Waals surface area contributed by atoms with Gasteiger partial charge in [0.1, 0.15) is 11.8 Å². The van der Waals surface area contributed by atoms with Crippen molar-refractivity contribution in [2.45, 2.75) is 12.5 Å². The molecule has 0 aliphatic carbocycles. The second-order valence-electron chi connectivity index (χ2n) is 5.92.